The van der Waals surface area contributed by atoms with Crippen molar-refractivity contribution in [3.8, 4) is 6.07 Å². The number of hydrogen-bond acceptors (Lipinski definition) is 5. The highest BCUT2D eigenvalue weighted by Gasteiger charge is 2.24. The molecular formula is C11H13N5O. The summed E-state index contributed by atoms with van der Waals surface area (Å²) in [6, 6.07) is 3.70. The number of amides is 1. The summed E-state index contributed by atoms with van der Waals surface area (Å²) in [6.45, 7) is 2.99. The molecule has 88 valence electrons. The lowest BCUT2D eigenvalue weighted by Gasteiger charge is -2.16. The molecule has 1 N–H and O–H groups in total. The third-order valence-corrected chi connectivity index (χ3v) is 2.64. The second-order valence-electron chi connectivity index (χ2n) is 3.99. The fourth-order valence-electron chi connectivity index (χ4n) is 1.91. The molecule has 0 spiro atoms. The van der Waals surface area contributed by atoms with Crippen LogP contribution < -0.4 is 10.2 Å². The van der Waals surface area contributed by atoms with E-state index >= 15 is 0 Å². The predicted molar refractivity (Wildman–Crippen MR) is 61.2 cm³/mol. The molecule has 1 aromatic heterocycles. The van der Waals surface area contributed by atoms with E-state index in [4.69, 9.17) is 5.26 Å². The maximum absolute atomic E-state index is 10.9. The van der Waals surface area contributed by atoms with Crippen molar-refractivity contribution in [2.45, 2.75) is 19.4 Å². The van der Waals surface area contributed by atoms with Crippen LogP contribution in [0.3, 0.4) is 0 Å². The second kappa shape index (κ2) is 4.78. The highest BCUT2D eigenvalue weighted by atomic mass is 16.1. The zero-order chi connectivity index (χ0) is 12.3. The van der Waals surface area contributed by atoms with E-state index in [2.05, 4.69) is 15.3 Å². The molecule has 6 nitrogen and oxygen atoms in total. The van der Waals surface area contributed by atoms with Gasteiger partial charge in [0.2, 0.25) is 11.9 Å². The topological polar surface area (TPSA) is 81.9 Å². The summed E-state index contributed by atoms with van der Waals surface area (Å²) in [5, 5.41) is 11.6. The minimum absolute atomic E-state index is 0.0245. The minimum Gasteiger partial charge on any atom is -0.352 e. The standard InChI is InChI=1S/C11H13N5O/c1-8(17)14-10-3-5-16(7-10)11-13-4-2-9(6-12)15-11/h2,4,10H,3,5,7H2,1H3,(H,14,17). The summed E-state index contributed by atoms with van der Waals surface area (Å²) in [5.41, 5.74) is 0.359. The monoisotopic (exact) mass is 231 g/mol. The minimum atomic E-state index is -0.0245. The van der Waals surface area contributed by atoms with Crippen LogP contribution in [0.5, 0.6) is 0 Å². The van der Waals surface area contributed by atoms with E-state index in [-0.39, 0.29) is 11.9 Å². The van der Waals surface area contributed by atoms with Gasteiger partial charge in [0.1, 0.15) is 11.8 Å². The average molecular weight is 231 g/mol. The Balaban J connectivity index is 2.05. The fourth-order valence-corrected chi connectivity index (χ4v) is 1.91. The van der Waals surface area contributed by atoms with Crippen molar-refractivity contribution in [2.24, 2.45) is 0 Å². The third-order valence-electron chi connectivity index (χ3n) is 2.64. The Morgan fingerprint density at radius 2 is 2.53 bits per heavy atom. The van der Waals surface area contributed by atoms with Gasteiger partial charge in [-0.15, -0.1) is 0 Å². The van der Waals surface area contributed by atoms with Crippen molar-refractivity contribution >= 4 is 11.9 Å². The Hall–Kier alpha value is -2.16. The van der Waals surface area contributed by atoms with Crippen molar-refractivity contribution < 1.29 is 4.79 Å². The van der Waals surface area contributed by atoms with E-state index in [9.17, 15) is 4.79 Å². The maximum atomic E-state index is 10.9. The van der Waals surface area contributed by atoms with Crippen molar-refractivity contribution in [1.29, 1.82) is 5.26 Å². The van der Waals surface area contributed by atoms with Gasteiger partial charge in [-0.25, -0.2) is 9.97 Å². The van der Waals surface area contributed by atoms with Crippen LogP contribution in [0.1, 0.15) is 19.0 Å². The lowest BCUT2D eigenvalue weighted by Crippen LogP contribution is -2.35. The SMILES string of the molecule is CC(=O)NC1CCN(c2nccc(C#N)n2)C1. The van der Waals surface area contributed by atoms with Crippen LogP contribution in [0, 0.1) is 11.3 Å². The number of nitrogens with zero attached hydrogens (tertiary/aromatic N) is 4. The molecule has 0 radical (unpaired) electrons. The Bertz CT molecular complexity index is 467. The second-order valence-corrected chi connectivity index (χ2v) is 3.99. The van der Waals surface area contributed by atoms with E-state index in [0.717, 1.165) is 13.0 Å². The normalized spacial score (nSPS) is 18.8. The van der Waals surface area contributed by atoms with Crippen molar-refractivity contribution in [3.05, 3.63) is 18.0 Å². The van der Waals surface area contributed by atoms with Gasteiger partial charge >= 0.3 is 0 Å². The smallest absolute Gasteiger partial charge is 0.226 e. The molecule has 1 fully saturated rings. The first-order chi connectivity index (χ1) is 8.19. The molecule has 1 amide bonds. The zero-order valence-electron chi connectivity index (χ0n) is 9.55. The van der Waals surface area contributed by atoms with Crippen LogP contribution in [0.4, 0.5) is 5.95 Å². The Morgan fingerprint density at radius 1 is 1.71 bits per heavy atom. The highest BCUT2D eigenvalue weighted by molar-refractivity contribution is 5.73. The lowest BCUT2D eigenvalue weighted by molar-refractivity contribution is -0.119. The molecular weight excluding hydrogens is 218 g/mol. The van der Waals surface area contributed by atoms with E-state index in [1.165, 1.54) is 6.92 Å². The van der Waals surface area contributed by atoms with Crippen LogP contribution in [-0.2, 0) is 4.79 Å². The van der Waals surface area contributed by atoms with Crippen LogP contribution in [0.2, 0.25) is 0 Å². The predicted octanol–water partition coefficient (Wildman–Crippen LogP) is 0.0631. The van der Waals surface area contributed by atoms with Crippen LogP contribution in [0.15, 0.2) is 12.3 Å². The van der Waals surface area contributed by atoms with E-state index < -0.39 is 0 Å². The number of carbonyl (C=O) groups excluding carboxylic acids is 1. The quantitative estimate of drug-likeness (QED) is 0.778. The van der Waals surface area contributed by atoms with Crippen molar-refractivity contribution in [2.75, 3.05) is 18.0 Å². The first kappa shape index (κ1) is 11.3. The zero-order valence-corrected chi connectivity index (χ0v) is 9.55. The molecule has 0 bridgehead atoms. The average Bonchev–Trinajstić information content (AvgIpc) is 2.77. The summed E-state index contributed by atoms with van der Waals surface area (Å²) < 4.78 is 0. The van der Waals surface area contributed by atoms with Crippen molar-refractivity contribution in [1.82, 2.24) is 15.3 Å². The van der Waals surface area contributed by atoms with Gasteiger partial charge in [0.05, 0.1) is 0 Å². The van der Waals surface area contributed by atoms with Gasteiger partial charge in [0.25, 0.3) is 0 Å². The number of rotatable bonds is 2. The Kier molecular flexibility index (Phi) is 3.19. The van der Waals surface area contributed by atoms with E-state index in [0.29, 0.717) is 18.2 Å². The summed E-state index contributed by atoms with van der Waals surface area (Å²) in [7, 11) is 0. The lowest BCUT2D eigenvalue weighted by atomic mass is 10.3. The van der Waals surface area contributed by atoms with Gasteiger partial charge in [0.15, 0.2) is 0 Å². The largest absolute Gasteiger partial charge is 0.352 e. The van der Waals surface area contributed by atoms with E-state index in [1.54, 1.807) is 12.3 Å². The van der Waals surface area contributed by atoms with Gasteiger partial charge in [-0.1, -0.05) is 0 Å². The maximum Gasteiger partial charge on any atom is 0.226 e. The van der Waals surface area contributed by atoms with Gasteiger partial charge < -0.3 is 10.2 Å². The number of nitrogens with one attached hydrogen (secondary N) is 1. The highest BCUT2D eigenvalue weighted by Crippen LogP contribution is 2.15. The van der Waals surface area contributed by atoms with Gasteiger partial charge in [0, 0.05) is 32.3 Å². The first-order valence-corrected chi connectivity index (χ1v) is 5.44. The molecule has 1 unspecified atom stereocenters. The number of carbonyl (C=O) groups is 1. The molecule has 1 saturated heterocycles. The number of aromatic nitrogens is 2. The molecule has 1 aliphatic rings. The van der Waals surface area contributed by atoms with Gasteiger partial charge in [-0.2, -0.15) is 5.26 Å². The molecule has 0 saturated carbocycles. The summed E-state index contributed by atoms with van der Waals surface area (Å²) in [5.74, 6) is 0.528. The molecule has 1 aliphatic heterocycles. The van der Waals surface area contributed by atoms with Gasteiger partial charge in [-0.05, 0) is 12.5 Å². The molecule has 0 aromatic carbocycles. The molecule has 2 rings (SSSR count). The molecule has 6 heteroatoms. The molecule has 1 atom stereocenters. The number of anilines is 1. The first-order valence-electron chi connectivity index (χ1n) is 5.44. The van der Waals surface area contributed by atoms with Crippen LogP contribution >= 0.6 is 0 Å². The van der Waals surface area contributed by atoms with Crippen molar-refractivity contribution in [3.63, 3.8) is 0 Å². The van der Waals surface area contributed by atoms with Crippen LogP contribution in [0.25, 0.3) is 0 Å². The Labute approximate surface area is 99.3 Å². The van der Waals surface area contributed by atoms with Crippen LogP contribution in [-0.4, -0.2) is 35.0 Å². The third kappa shape index (κ3) is 2.69. The molecule has 17 heavy (non-hydrogen) atoms. The molecule has 2 heterocycles. The molecule has 0 aliphatic carbocycles. The molecule has 1 aromatic rings. The summed E-state index contributed by atoms with van der Waals surface area (Å²) in [6.07, 6.45) is 2.45. The Morgan fingerprint density at radius 3 is 3.24 bits per heavy atom. The fraction of sp³-hybridized carbons (Fsp3) is 0.455. The number of hydrogen-bond donors (Lipinski definition) is 1. The summed E-state index contributed by atoms with van der Waals surface area (Å²) >= 11 is 0. The summed E-state index contributed by atoms with van der Waals surface area (Å²) in [4.78, 5) is 21.2. The van der Waals surface area contributed by atoms with E-state index in [1.807, 2.05) is 11.0 Å². The van der Waals surface area contributed by atoms with Gasteiger partial charge in [-0.3, -0.25) is 4.79 Å². The number of nitriles is 1.